The van der Waals surface area contributed by atoms with E-state index >= 15 is 0 Å². The van der Waals surface area contributed by atoms with Gasteiger partial charge in [-0.25, -0.2) is 0 Å². The normalized spacial score (nSPS) is 14.6. The molecule has 0 aliphatic heterocycles. The zero-order valence-electron chi connectivity index (χ0n) is 15.5. The second-order valence-corrected chi connectivity index (χ2v) is 6.03. The molecule has 3 amide bonds. The molecule has 14 nitrogen and oxygen atoms in total. The van der Waals surface area contributed by atoms with Crippen LogP contribution in [0.4, 0.5) is 0 Å². The van der Waals surface area contributed by atoms with Crippen molar-refractivity contribution in [3.05, 3.63) is 0 Å². The molecule has 0 aromatic rings. The summed E-state index contributed by atoms with van der Waals surface area (Å²) >= 11 is 0. The lowest BCUT2D eigenvalue weighted by molar-refractivity contribution is -0.141. The molecule has 9 N–H and O–H groups in total. The van der Waals surface area contributed by atoms with E-state index in [2.05, 4.69) is 5.32 Å². The lowest BCUT2D eigenvalue weighted by atomic mass is 10.1. The van der Waals surface area contributed by atoms with Gasteiger partial charge in [-0.1, -0.05) is 0 Å². The number of hydrogen-bond acceptors (Lipinski definition) is 8. The van der Waals surface area contributed by atoms with Gasteiger partial charge in [0.1, 0.15) is 24.7 Å². The van der Waals surface area contributed by atoms with E-state index in [1.807, 2.05) is 10.6 Å². The maximum Gasteiger partial charge on any atom is 0.322 e. The summed E-state index contributed by atoms with van der Waals surface area (Å²) in [6.45, 7) is 0.388. The Labute approximate surface area is 164 Å². The monoisotopic (exact) mass is 420 g/mol. The molecule has 0 aliphatic carbocycles. The molecule has 0 aromatic carbocycles. The van der Waals surface area contributed by atoms with Gasteiger partial charge in [0, 0.05) is 6.42 Å². The van der Waals surface area contributed by atoms with Gasteiger partial charge in [-0.05, 0) is 13.3 Å². The number of aliphatic hydroxyl groups excluding tert-OH is 1. The zero-order valence-corrected chi connectivity index (χ0v) is 15.5. The maximum absolute atomic E-state index is 12.4. The van der Waals surface area contributed by atoms with Crippen LogP contribution in [0.2, 0.25) is 0 Å². The predicted octanol–water partition coefficient (Wildman–Crippen LogP) is -3.80. The van der Waals surface area contributed by atoms with Gasteiger partial charge < -0.3 is 42.1 Å². The van der Waals surface area contributed by atoms with Crippen molar-refractivity contribution in [3.63, 3.8) is 0 Å². The molecular weight excluding hydrogens is 396 g/mol. The van der Waals surface area contributed by atoms with Crippen molar-refractivity contribution in [2.45, 2.75) is 50.4 Å². The zero-order chi connectivity index (χ0) is 22.7. The summed E-state index contributed by atoms with van der Waals surface area (Å²) in [5, 5.41) is 41.6. The van der Waals surface area contributed by atoms with Crippen LogP contribution < -0.4 is 21.7 Å². The van der Waals surface area contributed by atoms with Gasteiger partial charge in [0.25, 0.3) is 0 Å². The number of nitrogens with two attached hydrogens (primary N) is 1. The van der Waals surface area contributed by atoms with Crippen LogP contribution >= 0.6 is 0 Å². The van der Waals surface area contributed by atoms with E-state index in [-0.39, 0.29) is 0 Å². The summed E-state index contributed by atoms with van der Waals surface area (Å²) in [5.74, 6) is -7.35. The predicted molar refractivity (Wildman–Crippen MR) is 93.3 cm³/mol. The van der Waals surface area contributed by atoms with Gasteiger partial charge in [0.15, 0.2) is 0 Å². The van der Waals surface area contributed by atoms with Crippen LogP contribution in [0.15, 0.2) is 0 Å². The number of nitrogens with one attached hydrogen (secondary N) is 3. The van der Waals surface area contributed by atoms with Crippen LogP contribution in [0, 0.1) is 0 Å². The van der Waals surface area contributed by atoms with Crippen molar-refractivity contribution >= 4 is 35.6 Å². The van der Waals surface area contributed by atoms with Gasteiger partial charge in [-0.15, -0.1) is 0 Å². The first-order valence-electron chi connectivity index (χ1n) is 8.32. The van der Waals surface area contributed by atoms with Crippen LogP contribution in [-0.4, -0.2) is 86.8 Å². The van der Waals surface area contributed by atoms with Gasteiger partial charge in [0.05, 0.1) is 12.5 Å². The van der Waals surface area contributed by atoms with Gasteiger partial charge in [-0.2, -0.15) is 0 Å². The molecule has 0 aliphatic rings. The van der Waals surface area contributed by atoms with E-state index in [9.17, 15) is 33.9 Å². The molecule has 0 saturated carbocycles. The average molecular weight is 420 g/mol. The molecule has 4 atom stereocenters. The first kappa shape index (κ1) is 25.7. The fraction of sp³-hybridized carbons (Fsp3) is 0.600. The second-order valence-electron chi connectivity index (χ2n) is 6.03. The smallest absolute Gasteiger partial charge is 0.322 e. The third-order valence-corrected chi connectivity index (χ3v) is 3.53. The minimum Gasteiger partial charge on any atom is -0.481 e. The molecular formula is C15H24N4O10. The fourth-order valence-electron chi connectivity index (χ4n) is 1.97. The van der Waals surface area contributed by atoms with Crippen LogP contribution in [-0.2, 0) is 28.8 Å². The molecule has 0 saturated heterocycles. The van der Waals surface area contributed by atoms with E-state index in [0.29, 0.717) is 0 Å². The summed E-state index contributed by atoms with van der Waals surface area (Å²) in [7, 11) is 0. The number of hydrogen-bond donors (Lipinski definition) is 8. The Morgan fingerprint density at radius 3 is 1.83 bits per heavy atom. The van der Waals surface area contributed by atoms with E-state index < -0.39 is 85.7 Å². The quantitative estimate of drug-likeness (QED) is 0.143. The molecule has 0 spiro atoms. The van der Waals surface area contributed by atoms with E-state index in [1.165, 1.54) is 6.92 Å². The number of carboxylic acid groups (broad SMARTS) is 3. The minimum absolute atomic E-state index is 0.421. The van der Waals surface area contributed by atoms with Crippen molar-refractivity contribution in [1.29, 1.82) is 0 Å². The molecule has 4 unspecified atom stereocenters. The lowest BCUT2D eigenvalue weighted by Crippen LogP contribution is -2.57. The van der Waals surface area contributed by atoms with Crippen LogP contribution in [0.25, 0.3) is 0 Å². The number of rotatable bonds is 13. The molecule has 0 aromatic heterocycles. The van der Waals surface area contributed by atoms with Crippen molar-refractivity contribution in [2.24, 2.45) is 5.73 Å². The highest BCUT2D eigenvalue weighted by Gasteiger charge is 2.30. The molecule has 0 bridgehead atoms. The number of carboxylic acids is 3. The van der Waals surface area contributed by atoms with E-state index in [4.69, 9.17) is 21.1 Å². The molecule has 14 heteroatoms. The first-order chi connectivity index (χ1) is 13.3. The Hall–Kier alpha value is -3.26. The van der Waals surface area contributed by atoms with Crippen LogP contribution in [0.1, 0.15) is 26.2 Å². The average Bonchev–Trinajstić information content (AvgIpc) is 2.60. The van der Waals surface area contributed by atoms with Crippen molar-refractivity contribution in [2.75, 3.05) is 6.54 Å². The van der Waals surface area contributed by atoms with Crippen LogP contribution in [0.5, 0.6) is 0 Å². The Bertz CT molecular complexity index is 651. The number of aliphatic carboxylic acids is 3. The van der Waals surface area contributed by atoms with E-state index in [0.717, 1.165) is 0 Å². The summed E-state index contributed by atoms with van der Waals surface area (Å²) in [5.41, 5.74) is 5.44. The number of carbonyl (C=O) groups is 6. The molecule has 0 heterocycles. The second kappa shape index (κ2) is 12.2. The Balaban J connectivity index is 5.34. The Morgan fingerprint density at radius 1 is 0.828 bits per heavy atom. The molecule has 0 fully saturated rings. The standard InChI is InChI=1S/C15H24N4O10/c1-6(20)12(16)15(29)18-7(2-3-9(21)22)14(28)19-8(4-10(23)24)13(27)17-5-11(25)26/h6-8,12,20H,2-5,16H2,1H3,(H,17,27)(H,18,29)(H,19,28)(H,21,22)(H,23,24)(H,25,26). The highest BCUT2D eigenvalue weighted by atomic mass is 16.4. The minimum atomic E-state index is -1.69. The number of amides is 3. The molecule has 164 valence electrons. The third kappa shape index (κ3) is 10.6. The summed E-state index contributed by atoms with van der Waals surface area (Å²) in [4.78, 5) is 68.5. The van der Waals surface area contributed by atoms with Crippen molar-refractivity contribution in [1.82, 2.24) is 16.0 Å². The highest BCUT2D eigenvalue weighted by Crippen LogP contribution is 2.03. The summed E-state index contributed by atoms with van der Waals surface area (Å²) in [6, 6.07) is -4.62. The largest absolute Gasteiger partial charge is 0.481 e. The van der Waals surface area contributed by atoms with Gasteiger partial charge in [0.2, 0.25) is 17.7 Å². The lowest BCUT2D eigenvalue weighted by Gasteiger charge is -2.23. The van der Waals surface area contributed by atoms with Gasteiger partial charge in [-0.3, -0.25) is 28.8 Å². The van der Waals surface area contributed by atoms with Crippen LogP contribution in [0.3, 0.4) is 0 Å². The fourth-order valence-corrected chi connectivity index (χ4v) is 1.97. The van der Waals surface area contributed by atoms with Gasteiger partial charge >= 0.3 is 17.9 Å². The summed E-state index contributed by atoms with van der Waals surface area (Å²) < 4.78 is 0. The first-order valence-corrected chi connectivity index (χ1v) is 8.32. The SMILES string of the molecule is CC(O)C(N)C(=O)NC(CCC(=O)O)C(=O)NC(CC(=O)O)C(=O)NCC(=O)O. The van der Waals surface area contributed by atoms with Crippen molar-refractivity contribution < 1.29 is 49.2 Å². The number of carbonyl (C=O) groups excluding carboxylic acids is 3. The highest BCUT2D eigenvalue weighted by molar-refractivity contribution is 5.95. The Kier molecular flexibility index (Phi) is 10.9. The maximum atomic E-state index is 12.4. The van der Waals surface area contributed by atoms with Crippen molar-refractivity contribution in [3.8, 4) is 0 Å². The number of aliphatic hydroxyl groups is 1. The molecule has 29 heavy (non-hydrogen) atoms. The molecule has 0 rings (SSSR count). The summed E-state index contributed by atoms with van der Waals surface area (Å²) in [6.07, 6.45) is -3.16. The Morgan fingerprint density at radius 2 is 1.38 bits per heavy atom. The van der Waals surface area contributed by atoms with E-state index in [1.54, 1.807) is 0 Å². The molecule has 0 radical (unpaired) electrons. The third-order valence-electron chi connectivity index (χ3n) is 3.53. The topological polar surface area (TPSA) is 245 Å².